The zero-order chi connectivity index (χ0) is 66.6. The Morgan fingerprint density at radius 2 is 1.32 bits per heavy atom. The van der Waals surface area contributed by atoms with Gasteiger partial charge in [-0.3, -0.25) is 4.57 Å². The van der Waals surface area contributed by atoms with Crippen LogP contribution in [-0.4, -0.2) is 14.1 Å². The van der Waals surface area contributed by atoms with E-state index in [-0.39, 0.29) is 60.1 Å². The van der Waals surface area contributed by atoms with Crippen molar-refractivity contribution in [2.24, 2.45) is 0 Å². The molecule has 0 aliphatic heterocycles. The molecule has 12 rings (SSSR count). The summed E-state index contributed by atoms with van der Waals surface area (Å²) in [4.78, 5) is 4.79. The average molecular weight is 1120 g/mol. The van der Waals surface area contributed by atoms with Gasteiger partial charge in [-0.1, -0.05) is 175 Å². The second-order valence-corrected chi connectivity index (χ2v) is 18.5. The summed E-state index contributed by atoms with van der Waals surface area (Å²) in [5.41, 5.74) is -7.14. The molecule has 71 heavy (non-hydrogen) atoms. The number of imidazole rings is 1. The van der Waals surface area contributed by atoms with Crippen LogP contribution >= 0.6 is 0 Å². The van der Waals surface area contributed by atoms with Gasteiger partial charge in [0.25, 0.3) is 6.33 Å². The maximum absolute atomic E-state index is 9.52. The number of para-hydroxylation sites is 3. The summed E-state index contributed by atoms with van der Waals surface area (Å²) in [6.07, 6.45) is 3.63. The molecule has 0 unspecified atom stereocenters. The summed E-state index contributed by atoms with van der Waals surface area (Å²) in [5.74, 6) is 1.19. The zero-order valence-corrected chi connectivity index (χ0v) is 40.6. The van der Waals surface area contributed by atoms with Gasteiger partial charge in [-0.05, 0) is 114 Å². The van der Waals surface area contributed by atoms with Gasteiger partial charge in [0.05, 0.1) is 30.4 Å². The Morgan fingerprint density at radius 1 is 0.648 bits per heavy atom. The first-order valence-electron chi connectivity index (χ1n) is 33.5. The summed E-state index contributed by atoms with van der Waals surface area (Å²) >= 11 is 0. The fourth-order valence-electron chi connectivity index (χ4n) is 9.70. The normalized spacial score (nSPS) is 19.1. The molecular formula is C65H54N4OPt-2. The maximum Gasteiger partial charge on any atom is 0.268 e. The summed E-state index contributed by atoms with van der Waals surface area (Å²) in [6.45, 7) is -8.21. The van der Waals surface area contributed by atoms with Crippen molar-refractivity contribution in [1.82, 2.24) is 14.1 Å². The molecular weight excluding hydrogens is 1050 g/mol. The Bertz CT molecular complexity index is 4720. The molecule has 0 saturated carbocycles. The van der Waals surface area contributed by atoms with E-state index < -0.39 is 133 Å². The summed E-state index contributed by atoms with van der Waals surface area (Å²) < 4.78 is 210. The number of benzene rings is 8. The minimum Gasteiger partial charge on any atom is -0.510 e. The first-order valence-corrected chi connectivity index (χ1v) is 22.5. The number of rotatable bonds is 8. The van der Waals surface area contributed by atoms with Gasteiger partial charge in [0.15, 0.2) is 0 Å². The molecule has 0 saturated heterocycles. The number of pyridine rings is 1. The predicted molar refractivity (Wildman–Crippen MR) is 286 cm³/mol. The van der Waals surface area contributed by atoms with Crippen molar-refractivity contribution in [3.63, 3.8) is 0 Å². The van der Waals surface area contributed by atoms with Crippen LogP contribution in [0.3, 0.4) is 0 Å². The van der Waals surface area contributed by atoms with Crippen molar-refractivity contribution >= 4 is 32.8 Å². The average Bonchev–Trinajstić information content (AvgIpc) is 1.51. The van der Waals surface area contributed by atoms with E-state index in [1.807, 2.05) is 47.0 Å². The van der Waals surface area contributed by atoms with E-state index in [4.69, 9.17) is 34.4 Å². The van der Waals surface area contributed by atoms with Crippen LogP contribution < -0.4 is 9.30 Å². The Kier molecular flexibility index (Phi) is 6.74. The van der Waals surface area contributed by atoms with Gasteiger partial charge in [0, 0.05) is 60.7 Å². The molecule has 0 fully saturated rings. The molecule has 6 heteroatoms. The summed E-state index contributed by atoms with van der Waals surface area (Å²) in [5, 5.41) is 1.85. The Labute approximate surface area is 462 Å². The van der Waals surface area contributed by atoms with E-state index in [2.05, 4.69) is 39.2 Å². The third kappa shape index (κ3) is 8.01. The Hall–Kier alpha value is -7.33. The first kappa shape index (κ1) is 27.3. The van der Waals surface area contributed by atoms with Gasteiger partial charge in [0.2, 0.25) is 0 Å². The van der Waals surface area contributed by atoms with Crippen LogP contribution in [0, 0.1) is 18.5 Å². The molecule has 5 nitrogen and oxygen atoms in total. The van der Waals surface area contributed by atoms with E-state index >= 15 is 0 Å². The van der Waals surface area contributed by atoms with Crippen molar-refractivity contribution in [3.8, 4) is 62.1 Å². The van der Waals surface area contributed by atoms with Gasteiger partial charge >= 0.3 is 0 Å². The van der Waals surface area contributed by atoms with Crippen molar-refractivity contribution < 1.29 is 60.5 Å². The third-order valence-electron chi connectivity index (χ3n) is 12.8. The zero-order valence-electron chi connectivity index (χ0n) is 60.3. The molecule has 0 amide bonds. The molecule has 0 spiro atoms. The molecule has 352 valence electrons. The third-order valence-corrected chi connectivity index (χ3v) is 12.8. The van der Waals surface area contributed by atoms with Crippen LogP contribution in [0.5, 0.6) is 11.5 Å². The van der Waals surface area contributed by atoms with E-state index in [9.17, 15) is 5.48 Å². The second-order valence-electron chi connectivity index (χ2n) is 18.5. The number of hydrogen-bond donors (Lipinski definition) is 0. The minimum atomic E-state index is -3.69. The quantitative estimate of drug-likeness (QED) is 0.112. The van der Waals surface area contributed by atoms with Gasteiger partial charge < -0.3 is 13.9 Å². The SMILES string of the molecule is [2H]c1c([2H])c([2H])c(-c2cc(-c3cccc4c3C(C([2H])([2H])[2H])(C([2H])([2H])[2H])CC4(C([2H])([2H])[2H])C([2H])([2H])[2H])cc(-c3c([2H])c([2H])c([2H])c([2H])c3[2H])c2-[n+]2[c-]n(-c3[c-]c(Oc4[c-]c5c(cc4)c4ccccc4n5-c4cc(C(C)(C)C)ccn4)ccc3)c3ccccc32)c([2H])c1[2H].[Pt]. The van der Waals surface area contributed by atoms with Crippen LogP contribution in [0.2, 0.25) is 0 Å². The van der Waals surface area contributed by atoms with Crippen molar-refractivity contribution in [3.05, 3.63) is 223 Å². The van der Waals surface area contributed by atoms with Gasteiger partial charge in [0.1, 0.15) is 5.82 Å². The van der Waals surface area contributed by atoms with E-state index in [1.54, 1.807) is 59.3 Å². The molecule has 3 aromatic heterocycles. The van der Waals surface area contributed by atoms with Crippen molar-refractivity contribution in [2.75, 3.05) is 0 Å². The number of aromatic nitrogens is 4. The number of hydrogen-bond acceptors (Lipinski definition) is 2. The first-order chi connectivity index (χ1) is 43.0. The Balaban J connectivity index is 0.00000884. The van der Waals surface area contributed by atoms with E-state index in [0.29, 0.717) is 28.3 Å². The monoisotopic (exact) mass is 1120 g/mol. The van der Waals surface area contributed by atoms with Crippen LogP contribution in [-0.2, 0) is 37.3 Å². The van der Waals surface area contributed by atoms with Crippen LogP contribution in [0.15, 0.2) is 188 Å². The molecule has 0 radical (unpaired) electrons. The predicted octanol–water partition coefficient (Wildman–Crippen LogP) is 15.8. The number of fused-ring (bicyclic) bond motifs is 5. The van der Waals surface area contributed by atoms with Crippen LogP contribution in [0.25, 0.3) is 83.4 Å². The Morgan fingerprint density at radius 3 is 2.04 bits per heavy atom. The van der Waals surface area contributed by atoms with Crippen molar-refractivity contribution in [2.45, 2.75) is 70.8 Å². The van der Waals surface area contributed by atoms with E-state index in [0.717, 1.165) is 27.9 Å². The van der Waals surface area contributed by atoms with Gasteiger partial charge in [-0.25, -0.2) is 4.98 Å². The topological polar surface area (TPSA) is 35.9 Å². The molecule has 1 aliphatic rings. The number of nitrogens with zero attached hydrogens (tertiary/aromatic N) is 4. The summed E-state index contributed by atoms with van der Waals surface area (Å²) in [7, 11) is 0. The largest absolute Gasteiger partial charge is 0.510 e. The smallest absolute Gasteiger partial charge is 0.268 e. The molecule has 0 N–H and O–H groups in total. The van der Waals surface area contributed by atoms with Gasteiger partial charge in [-0.15, -0.1) is 29.7 Å². The maximum atomic E-state index is 9.52. The molecule has 1 aliphatic carbocycles. The fraction of sp³-hybridized carbons (Fsp3) is 0.169. The summed E-state index contributed by atoms with van der Waals surface area (Å²) in [6, 6.07) is 32.0. The van der Waals surface area contributed by atoms with Crippen LogP contribution in [0.1, 0.15) is 101 Å². The number of ether oxygens (including phenoxy) is 1. The standard InChI is InChI=1S/C65H54N4O.Pt/c1-63(2,3)46-34-35-66-60(38-46)69-56-29-15-14-26-51(56)52-33-32-49(40-59(52)69)70-48-25-18-24-47(39-48)67-42-68(58-31-17-16-30-57(58)67)62-53(43-20-10-8-11-21-43)36-45(37-54(62)44-22-12-9-13-23-44)50-27-19-28-55-61(50)65(6,7)41-64(55,4)5;/h8-38H,41H2,1-7H3;/q-2;/i4D3,5D3,6D3,7D3,8D,9D,10D,11D,12D,13D,20D,21D,22D,23D;. The molecule has 0 bridgehead atoms. The molecule has 11 aromatic rings. The van der Waals surface area contributed by atoms with E-state index in [1.165, 1.54) is 28.8 Å². The molecule has 8 aromatic carbocycles. The molecule has 0 atom stereocenters. The van der Waals surface area contributed by atoms with Gasteiger partial charge in [-0.2, -0.15) is 18.2 Å². The minimum absolute atomic E-state index is 0. The second kappa shape index (κ2) is 17.5. The van der Waals surface area contributed by atoms with Crippen LogP contribution in [0.4, 0.5) is 0 Å². The fourth-order valence-corrected chi connectivity index (χ4v) is 9.70. The molecule has 3 heterocycles. The van der Waals surface area contributed by atoms with Crippen molar-refractivity contribution in [1.29, 1.82) is 0 Å².